The molecule has 0 bridgehead atoms. The fourth-order valence-corrected chi connectivity index (χ4v) is 3.81. The summed E-state index contributed by atoms with van der Waals surface area (Å²) in [4.78, 5) is 28.5. The number of amides is 2. The first-order valence-corrected chi connectivity index (χ1v) is 11.9. The van der Waals surface area contributed by atoms with Crippen molar-refractivity contribution in [1.29, 1.82) is 0 Å². The van der Waals surface area contributed by atoms with Crippen LogP contribution in [0, 0.1) is 5.82 Å². The van der Waals surface area contributed by atoms with Gasteiger partial charge < -0.3 is 10.2 Å². The van der Waals surface area contributed by atoms with Crippen LogP contribution in [-0.4, -0.2) is 28.8 Å². The van der Waals surface area contributed by atoms with Gasteiger partial charge in [0, 0.05) is 29.6 Å². The topological polar surface area (TPSA) is 49.4 Å². The summed E-state index contributed by atoms with van der Waals surface area (Å²) in [6.07, 6.45) is 1.16. The van der Waals surface area contributed by atoms with Crippen molar-refractivity contribution in [3.05, 3.63) is 106 Å². The molecule has 1 N–H and O–H groups in total. The zero-order valence-corrected chi connectivity index (χ0v) is 20.3. The maximum Gasteiger partial charge on any atom is 0.243 e. The third kappa shape index (κ3) is 7.16. The summed E-state index contributed by atoms with van der Waals surface area (Å²) in [5, 5.41) is 3.59. The van der Waals surface area contributed by atoms with Gasteiger partial charge in [-0.05, 0) is 42.7 Å². The average Bonchev–Trinajstić information content (AvgIpc) is 2.84. The lowest BCUT2D eigenvalue weighted by atomic mass is 10.0. The standard InChI is InChI=1S/C28H30ClFN2O2/c1-3-20(2)31-28(34)26(17-21-9-5-4-6-10-21)32(19-23-11-7-8-12-25(23)30)27(33)18-22-13-15-24(29)16-14-22/h4-16,20,26H,3,17-19H2,1-2H3,(H,31,34)/t20-,26-/m1/s1. The van der Waals surface area contributed by atoms with Gasteiger partial charge in [-0.25, -0.2) is 4.39 Å². The van der Waals surface area contributed by atoms with E-state index in [2.05, 4.69) is 5.32 Å². The highest BCUT2D eigenvalue weighted by atomic mass is 35.5. The van der Waals surface area contributed by atoms with Crippen LogP contribution >= 0.6 is 11.6 Å². The molecule has 3 aromatic carbocycles. The lowest BCUT2D eigenvalue weighted by Gasteiger charge is -2.32. The van der Waals surface area contributed by atoms with Gasteiger partial charge in [0.05, 0.1) is 6.42 Å². The second-order valence-corrected chi connectivity index (χ2v) is 8.88. The number of hydrogen-bond donors (Lipinski definition) is 1. The van der Waals surface area contributed by atoms with Crippen molar-refractivity contribution in [3.8, 4) is 0 Å². The highest BCUT2D eigenvalue weighted by Crippen LogP contribution is 2.19. The Morgan fingerprint density at radius 2 is 1.59 bits per heavy atom. The van der Waals surface area contributed by atoms with Crippen molar-refractivity contribution in [2.75, 3.05) is 0 Å². The minimum atomic E-state index is -0.796. The Morgan fingerprint density at radius 1 is 0.941 bits per heavy atom. The van der Waals surface area contributed by atoms with Gasteiger partial charge in [0.15, 0.2) is 0 Å². The number of hydrogen-bond acceptors (Lipinski definition) is 2. The SMILES string of the molecule is CC[C@@H](C)NC(=O)[C@@H](Cc1ccccc1)N(Cc1ccccc1F)C(=O)Cc1ccc(Cl)cc1. The second-order valence-electron chi connectivity index (χ2n) is 8.44. The third-order valence-corrected chi connectivity index (χ3v) is 6.09. The van der Waals surface area contributed by atoms with Crippen molar-refractivity contribution in [1.82, 2.24) is 10.2 Å². The molecule has 34 heavy (non-hydrogen) atoms. The molecule has 0 aliphatic carbocycles. The number of benzene rings is 3. The summed E-state index contributed by atoms with van der Waals surface area (Å²) in [5.74, 6) is -0.919. The molecule has 4 nitrogen and oxygen atoms in total. The molecule has 0 aromatic heterocycles. The minimum absolute atomic E-state index is 0.00940. The van der Waals surface area contributed by atoms with E-state index in [0.717, 1.165) is 17.5 Å². The van der Waals surface area contributed by atoms with Gasteiger partial charge in [-0.2, -0.15) is 0 Å². The first kappa shape index (κ1) is 25.4. The number of carbonyl (C=O) groups excluding carboxylic acids is 2. The molecule has 2 amide bonds. The number of halogens is 2. The smallest absolute Gasteiger partial charge is 0.243 e. The van der Waals surface area contributed by atoms with Gasteiger partial charge in [0.2, 0.25) is 11.8 Å². The summed E-state index contributed by atoms with van der Waals surface area (Å²) >= 11 is 5.99. The van der Waals surface area contributed by atoms with Gasteiger partial charge >= 0.3 is 0 Å². The van der Waals surface area contributed by atoms with E-state index in [9.17, 15) is 14.0 Å². The van der Waals surface area contributed by atoms with Crippen LogP contribution in [0.15, 0.2) is 78.9 Å². The van der Waals surface area contributed by atoms with Crippen LogP contribution in [0.1, 0.15) is 37.0 Å². The Hall–Kier alpha value is -3.18. The summed E-state index contributed by atoms with van der Waals surface area (Å²) < 4.78 is 14.6. The molecule has 0 saturated carbocycles. The highest BCUT2D eigenvalue weighted by molar-refractivity contribution is 6.30. The van der Waals surface area contributed by atoms with Crippen molar-refractivity contribution in [2.45, 2.75) is 51.7 Å². The zero-order valence-electron chi connectivity index (χ0n) is 19.5. The largest absolute Gasteiger partial charge is 0.352 e. The summed E-state index contributed by atoms with van der Waals surface area (Å²) in [6.45, 7) is 3.90. The lowest BCUT2D eigenvalue weighted by Crippen LogP contribution is -2.52. The first-order chi connectivity index (χ1) is 16.4. The number of rotatable bonds is 10. The van der Waals surface area contributed by atoms with Gasteiger partial charge in [-0.15, -0.1) is 0 Å². The van der Waals surface area contributed by atoms with Gasteiger partial charge in [0.1, 0.15) is 11.9 Å². The Labute approximate surface area is 205 Å². The number of nitrogens with zero attached hydrogens (tertiary/aromatic N) is 1. The number of carbonyl (C=O) groups is 2. The molecule has 0 saturated heterocycles. The molecule has 0 heterocycles. The van der Waals surface area contributed by atoms with Crippen molar-refractivity contribution in [3.63, 3.8) is 0 Å². The van der Waals surface area contributed by atoms with E-state index in [0.29, 0.717) is 17.0 Å². The van der Waals surface area contributed by atoms with Crippen LogP contribution in [0.3, 0.4) is 0 Å². The molecule has 0 aliphatic rings. The molecule has 0 fully saturated rings. The zero-order chi connectivity index (χ0) is 24.5. The Morgan fingerprint density at radius 3 is 2.24 bits per heavy atom. The first-order valence-electron chi connectivity index (χ1n) is 11.5. The van der Waals surface area contributed by atoms with E-state index < -0.39 is 11.9 Å². The molecule has 2 atom stereocenters. The van der Waals surface area contributed by atoms with Crippen LogP contribution in [-0.2, 0) is 29.0 Å². The van der Waals surface area contributed by atoms with Gasteiger partial charge in [0.25, 0.3) is 0 Å². The average molecular weight is 481 g/mol. The predicted octanol–water partition coefficient (Wildman–Crippen LogP) is 5.58. The Kier molecular flexibility index (Phi) is 9.23. The normalized spacial score (nSPS) is 12.6. The van der Waals surface area contributed by atoms with Crippen molar-refractivity contribution in [2.24, 2.45) is 0 Å². The monoisotopic (exact) mass is 480 g/mol. The second kappa shape index (κ2) is 12.3. The molecule has 3 aromatic rings. The van der Waals surface area contributed by atoms with Crippen molar-refractivity contribution < 1.29 is 14.0 Å². The summed E-state index contributed by atoms with van der Waals surface area (Å²) in [7, 11) is 0. The van der Waals surface area contributed by atoms with E-state index in [4.69, 9.17) is 11.6 Å². The lowest BCUT2D eigenvalue weighted by molar-refractivity contribution is -0.141. The third-order valence-electron chi connectivity index (χ3n) is 5.84. The van der Waals surface area contributed by atoms with Crippen LogP contribution < -0.4 is 5.32 Å². The minimum Gasteiger partial charge on any atom is -0.352 e. The Bertz CT molecular complexity index is 1090. The maximum absolute atomic E-state index is 14.6. The van der Waals surface area contributed by atoms with E-state index in [1.807, 2.05) is 44.2 Å². The highest BCUT2D eigenvalue weighted by Gasteiger charge is 2.31. The number of nitrogens with one attached hydrogen (secondary N) is 1. The molecule has 0 spiro atoms. The Balaban J connectivity index is 1.97. The van der Waals surface area contributed by atoms with Crippen LogP contribution in [0.2, 0.25) is 5.02 Å². The predicted molar refractivity (Wildman–Crippen MR) is 134 cm³/mol. The van der Waals surface area contributed by atoms with Gasteiger partial charge in [-0.1, -0.05) is 79.2 Å². The van der Waals surface area contributed by atoms with E-state index in [1.54, 1.807) is 42.5 Å². The van der Waals surface area contributed by atoms with Crippen molar-refractivity contribution >= 4 is 23.4 Å². The van der Waals surface area contributed by atoms with E-state index in [-0.39, 0.29) is 30.8 Å². The fraction of sp³-hybridized carbons (Fsp3) is 0.286. The molecule has 0 radical (unpaired) electrons. The molecule has 3 rings (SSSR count). The molecular weight excluding hydrogens is 451 g/mol. The molecule has 178 valence electrons. The van der Waals surface area contributed by atoms with E-state index >= 15 is 0 Å². The van der Waals surface area contributed by atoms with Gasteiger partial charge in [-0.3, -0.25) is 9.59 Å². The fourth-order valence-electron chi connectivity index (χ4n) is 3.68. The molecule has 6 heteroatoms. The summed E-state index contributed by atoms with van der Waals surface area (Å²) in [5.41, 5.74) is 2.06. The quantitative estimate of drug-likeness (QED) is 0.412. The molecule has 0 unspecified atom stereocenters. The molecule has 0 aliphatic heterocycles. The van der Waals surface area contributed by atoms with E-state index in [1.165, 1.54) is 11.0 Å². The molecular formula is C28H30ClFN2O2. The van der Waals surface area contributed by atoms with Crippen LogP contribution in [0.5, 0.6) is 0 Å². The van der Waals surface area contributed by atoms with Crippen LogP contribution in [0.25, 0.3) is 0 Å². The summed E-state index contributed by atoms with van der Waals surface area (Å²) in [6, 6.07) is 22.1. The van der Waals surface area contributed by atoms with Crippen LogP contribution in [0.4, 0.5) is 4.39 Å². The maximum atomic E-state index is 14.6.